The summed E-state index contributed by atoms with van der Waals surface area (Å²) in [5.41, 5.74) is -0.519. The number of nitrogens with zero attached hydrogens (tertiary/aromatic N) is 1. The molecular weight excluding hydrogens is 178 g/mol. The van der Waals surface area contributed by atoms with E-state index < -0.39 is 5.54 Å². The summed E-state index contributed by atoms with van der Waals surface area (Å²) in [6.07, 6.45) is 2.27. The zero-order chi connectivity index (χ0) is 11.0. The van der Waals surface area contributed by atoms with Crippen molar-refractivity contribution in [3.63, 3.8) is 0 Å². The highest BCUT2D eigenvalue weighted by molar-refractivity contribution is 5.85. The Morgan fingerprint density at radius 2 is 2.07 bits per heavy atom. The number of carbonyl (C=O) groups excluding carboxylic acids is 1. The molecule has 0 saturated carbocycles. The third kappa shape index (κ3) is 4.83. The Labute approximate surface area is 85.7 Å². The number of nitrogens with one attached hydrogen (secondary N) is 2. The van der Waals surface area contributed by atoms with E-state index in [4.69, 9.17) is 5.26 Å². The van der Waals surface area contributed by atoms with Gasteiger partial charge < -0.3 is 10.6 Å². The van der Waals surface area contributed by atoms with Crippen LogP contribution in [0.4, 0.5) is 0 Å². The molecule has 0 saturated heterocycles. The Balaban J connectivity index is 3.60. The lowest BCUT2D eigenvalue weighted by molar-refractivity contribution is -0.126. The molecule has 4 heteroatoms. The Morgan fingerprint density at radius 3 is 2.57 bits per heavy atom. The summed E-state index contributed by atoms with van der Waals surface area (Å²) >= 11 is 0. The minimum absolute atomic E-state index is 0.00282. The molecule has 0 radical (unpaired) electrons. The van der Waals surface area contributed by atoms with Gasteiger partial charge in [-0.05, 0) is 33.7 Å². The molecule has 0 bridgehead atoms. The van der Waals surface area contributed by atoms with Crippen molar-refractivity contribution < 1.29 is 4.79 Å². The Kier molecular flexibility index (Phi) is 5.89. The number of hydrogen-bond acceptors (Lipinski definition) is 3. The van der Waals surface area contributed by atoms with Crippen molar-refractivity contribution in [3.05, 3.63) is 0 Å². The lowest BCUT2D eigenvalue weighted by atomic mass is 10.1. The highest BCUT2D eigenvalue weighted by Gasteiger charge is 2.24. The molecule has 0 aromatic carbocycles. The van der Waals surface area contributed by atoms with Crippen LogP contribution in [0.2, 0.25) is 0 Å². The minimum atomic E-state index is -0.519. The molecule has 4 nitrogen and oxygen atoms in total. The smallest absolute Gasteiger partial charge is 0.239 e. The molecule has 1 amide bonds. The fourth-order valence-electron chi connectivity index (χ4n) is 0.865. The van der Waals surface area contributed by atoms with Crippen LogP contribution in [0.3, 0.4) is 0 Å². The van der Waals surface area contributed by atoms with Gasteiger partial charge in [0.1, 0.15) is 0 Å². The van der Waals surface area contributed by atoms with Crippen molar-refractivity contribution in [2.75, 3.05) is 13.6 Å². The van der Waals surface area contributed by atoms with Crippen LogP contribution >= 0.6 is 0 Å². The predicted octanol–water partition coefficient (Wildman–Crippen LogP) is 0.794. The fraction of sp³-hybridized carbons (Fsp3) is 0.800. The molecule has 0 rings (SSSR count). The van der Waals surface area contributed by atoms with E-state index in [2.05, 4.69) is 16.7 Å². The lowest BCUT2D eigenvalue weighted by Gasteiger charge is -2.22. The zero-order valence-corrected chi connectivity index (χ0v) is 9.18. The summed E-state index contributed by atoms with van der Waals surface area (Å²) in [7, 11) is 1.76. The first-order valence-electron chi connectivity index (χ1n) is 4.88. The average Bonchev–Trinajstić information content (AvgIpc) is 2.17. The second-order valence-corrected chi connectivity index (χ2v) is 3.75. The van der Waals surface area contributed by atoms with Gasteiger partial charge in [-0.25, -0.2) is 0 Å². The molecular formula is C10H19N3O. The standard InChI is InChI=1S/C10H19N3O/c1-10(2,12-3)9(14)13-8-6-4-5-7-11/h12H,4-6,8H2,1-3H3,(H,13,14). The van der Waals surface area contributed by atoms with Crippen molar-refractivity contribution >= 4 is 5.91 Å². The maximum Gasteiger partial charge on any atom is 0.239 e. The van der Waals surface area contributed by atoms with Gasteiger partial charge in [0.2, 0.25) is 5.91 Å². The van der Waals surface area contributed by atoms with E-state index in [0.717, 1.165) is 12.8 Å². The van der Waals surface area contributed by atoms with E-state index in [9.17, 15) is 4.79 Å². The number of amides is 1. The van der Waals surface area contributed by atoms with E-state index in [1.54, 1.807) is 7.05 Å². The van der Waals surface area contributed by atoms with E-state index in [0.29, 0.717) is 13.0 Å². The van der Waals surface area contributed by atoms with E-state index in [-0.39, 0.29) is 5.91 Å². The van der Waals surface area contributed by atoms with E-state index in [1.165, 1.54) is 0 Å². The molecule has 0 unspecified atom stereocenters. The van der Waals surface area contributed by atoms with Crippen molar-refractivity contribution in [1.29, 1.82) is 5.26 Å². The second-order valence-electron chi connectivity index (χ2n) is 3.75. The molecule has 0 fully saturated rings. The molecule has 80 valence electrons. The predicted molar refractivity (Wildman–Crippen MR) is 55.6 cm³/mol. The minimum Gasteiger partial charge on any atom is -0.355 e. The van der Waals surface area contributed by atoms with Crippen LogP contribution in [-0.2, 0) is 4.79 Å². The highest BCUT2D eigenvalue weighted by atomic mass is 16.2. The van der Waals surface area contributed by atoms with Crippen molar-refractivity contribution in [1.82, 2.24) is 10.6 Å². The first-order chi connectivity index (χ1) is 6.54. The Hall–Kier alpha value is -1.08. The molecule has 0 atom stereocenters. The topological polar surface area (TPSA) is 64.9 Å². The Bertz CT molecular complexity index is 218. The largest absolute Gasteiger partial charge is 0.355 e. The normalized spacial score (nSPS) is 10.7. The van der Waals surface area contributed by atoms with Crippen molar-refractivity contribution in [3.8, 4) is 6.07 Å². The van der Waals surface area contributed by atoms with Gasteiger partial charge >= 0.3 is 0 Å². The number of carbonyl (C=O) groups is 1. The van der Waals surface area contributed by atoms with Crippen LogP contribution in [0.1, 0.15) is 33.1 Å². The molecule has 0 aliphatic heterocycles. The summed E-state index contributed by atoms with van der Waals surface area (Å²) in [5, 5.41) is 14.0. The highest BCUT2D eigenvalue weighted by Crippen LogP contribution is 2.00. The maximum absolute atomic E-state index is 11.5. The van der Waals surface area contributed by atoms with Crippen molar-refractivity contribution in [2.45, 2.75) is 38.6 Å². The van der Waals surface area contributed by atoms with Gasteiger partial charge in [0.05, 0.1) is 11.6 Å². The molecule has 0 aliphatic rings. The van der Waals surface area contributed by atoms with E-state index >= 15 is 0 Å². The molecule has 0 aliphatic carbocycles. The third-order valence-corrected chi connectivity index (χ3v) is 2.19. The van der Waals surface area contributed by atoms with Gasteiger partial charge in [0.15, 0.2) is 0 Å². The van der Waals surface area contributed by atoms with Crippen LogP contribution in [0, 0.1) is 11.3 Å². The van der Waals surface area contributed by atoms with Gasteiger partial charge in [0.25, 0.3) is 0 Å². The summed E-state index contributed by atoms with van der Waals surface area (Å²) in [5.74, 6) is -0.00282. The molecule has 2 N–H and O–H groups in total. The van der Waals surface area contributed by atoms with Gasteiger partial charge in [0, 0.05) is 13.0 Å². The number of likely N-dealkylation sites (N-methyl/N-ethyl adjacent to an activating group) is 1. The SMILES string of the molecule is CNC(C)(C)C(=O)NCCCCC#N. The lowest BCUT2D eigenvalue weighted by Crippen LogP contribution is -2.51. The van der Waals surface area contributed by atoms with Crippen LogP contribution in [0.5, 0.6) is 0 Å². The number of hydrogen-bond donors (Lipinski definition) is 2. The van der Waals surface area contributed by atoms with Gasteiger partial charge in [-0.1, -0.05) is 0 Å². The molecule has 0 heterocycles. The molecule has 0 aromatic heterocycles. The fourth-order valence-corrected chi connectivity index (χ4v) is 0.865. The summed E-state index contributed by atoms with van der Waals surface area (Å²) in [4.78, 5) is 11.5. The quantitative estimate of drug-likeness (QED) is 0.619. The molecule has 0 spiro atoms. The average molecular weight is 197 g/mol. The van der Waals surface area contributed by atoms with Gasteiger partial charge in [-0.3, -0.25) is 4.79 Å². The summed E-state index contributed by atoms with van der Waals surface area (Å²) < 4.78 is 0. The van der Waals surface area contributed by atoms with Crippen LogP contribution < -0.4 is 10.6 Å². The zero-order valence-electron chi connectivity index (χ0n) is 9.18. The number of unbranched alkanes of at least 4 members (excludes halogenated alkanes) is 2. The van der Waals surface area contributed by atoms with Crippen LogP contribution in [0.25, 0.3) is 0 Å². The maximum atomic E-state index is 11.5. The molecule has 14 heavy (non-hydrogen) atoms. The summed E-state index contributed by atoms with van der Waals surface area (Å²) in [6.45, 7) is 4.31. The van der Waals surface area contributed by atoms with Crippen LogP contribution in [-0.4, -0.2) is 25.0 Å². The third-order valence-electron chi connectivity index (χ3n) is 2.19. The number of nitriles is 1. The van der Waals surface area contributed by atoms with Gasteiger partial charge in [-0.15, -0.1) is 0 Å². The van der Waals surface area contributed by atoms with Crippen LogP contribution in [0.15, 0.2) is 0 Å². The first-order valence-corrected chi connectivity index (χ1v) is 4.88. The summed E-state index contributed by atoms with van der Waals surface area (Å²) in [6, 6.07) is 2.07. The van der Waals surface area contributed by atoms with Crippen molar-refractivity contribution in [2.24, 2.45) is 0 Å². The van der Waals surface area contributed by atoms with E-state index in [1.807, 2.05) is 13.8 Å². The monoisotopic (exact) mass is 197 g/mol. The Morgan fingerprint density at radius 1 is 1.43 bits per heavy atom. The second kappa shape index (κ2) is 6.39. The molecule has 0 aromatic rings. The number of rotatable bonds is 6. The first kappa shape index (κ1) is 12.9. The van der Waals surface area contributed by atoms with Gasteiger partial charge in [-0.2, -0.15) is 5.26 Å².